The summed E-state index contributed by atoms with van der Waals surface area (Å²) < 4.78 is 0. The fourth-order valence-corrected chi connectivity index (χ4v) is 1.65. The average Bonchev–Trinajstić information content (AvgIpc) is 2.81. The van der Waals surface area contributed by atoms with E-state index in [9.17, 15) is 4.79 Å². The van der Waals surface area contributed by atoms with Crippen LogP contribution in [0.15, 0.2) is 36.1 Å². The fraction of sp³-hybridized carbons (Fsp3) is 0.100. The summed E-state index contributed by atoms with van der Waals surface area (Å²) in [4.78, 5) is 19.3. The van der Waals surface area contributed by atoms with E-state index in [1.807, 2.05) is 12.1 Å². The molecule has 15 heavy (non-hydrogen) atoms. The third-order valence-electron chi connectivity index (χ3n) is 1.83. The molecule has 0 unspecified atom stereocenters. The second-order valence-electron chi connectivity index (χ2n) is 2.88. The van der Waals surface area contributed by atoms with Gasteiger partial charge in [0.05, 0.1) is 0 Å². The number of nitrogens with zero attached hydrogens (tertiary/aromatic N) is 2. The maximum Gasteiger partial charge on any atom is 0.280 e. The highest BCUT2D eigenvalue weighted by Crippen LogP contribution is 2.04. The van der Waals surface area contributed by atoms with Crippen molar-refractivity contribution >= 4 is 17.2 Å². The molecule has 2 rings (SSSR count). The van der Waals surface area contributed by atoms with Crippen LogP contribution in [0.3, 0.4) is 0 Å². The molecule has 0 atom stereocenters. The number of carbonyl (C=O) groups is 1. The summed E-state index contributed by atoms with van der Waals surface area (Å²) in [7, 11) is 0. The van der Waals surface area contributed by atoms with Gasteiger partial charge in [0.25, 0.3) is 5.91 Å². The molecule has 0 bridgehead atoms. The van der Waals surface area contributed by atoms with Crippen LogP contribution in [0.5, 0.6) is 0 Å². The Labute approximate surface area is 91.0 Å². The van der Waals surface area contributed by atoms with Crippen LogP contribution in [0, 0.1) is 0 Å². The molecule has 0 aliphatic rings. The molecular weight excluding hydrogens is 210 g/mol. The molecule has 1 N–H and O–H groups in total. The van der Waals surface area contributed by atoms with Gasteiger partial charge in [0.15, 0.2) is 5.01 Å². The number of hydrogen-bond donors (Lipinski definition) is 1. The Kier molecular flexibility index (Phi) is 3.04. The van der Waals surface area contributed by atoms with E-state index in [0.717, 1.165) is 5.56 Å². The minimum Gasteiger partial charge on any atom is -0.346 e. The quantitative estimate of drug-likeness (QED) is 0.850. The van der Waals surface area contributed by atoms with Gasteiger partial charge >= 0.3 is 0 Å². The van der Waals surface area contributed by atoms with E-state index in [2.05, 4.69) is 15.3 Å². The predicted molar refractivity (Wildman–Crippen MR) is 57.5 cm³/mol. The summed E-state index contributed by atoms with van der Waals surface area (Å²) in [6.07, 6.45) is 5.02. The molecule has 76 valence electrons. The first-order valence-electron chi connectivity index (χ1n) is 4.43. The monoisotopic (exact) mass is 219 g/mol. The summed E-state index contributed by atoms with van der Waals surface area (Å²) in [6, 6.07) is 3.73. The number of pyridine rings is 1. The molecule has 0 aliphatic heterocycles. The van der Waals surface area contributed by atoms with Gasteiger partial charge in [0.2, 0.25) is 0 Å². The summed E-state index contributed by atoms with van der Waals surface area (Å²) in [5.74, 6) is -0.137. The van der Waals surface area contributed by atoms with Crippen molar-refractivity contribution < 1.29 is 4.79 Å². The third-order valence-corrected chi connectivity index (χ3v) is 2.60. The van der Waals surface area contributed by atoms with E-state index < -0.39 is 0 Å². The van der Waals surface area contributed by atoms with E-state index in [4.69, 9.17) is 0 Å². The normalized spacial score (nSPS) is 9.87. The zero-order valence-electron chi connectivity index (χ0n) is 7.88. The third kappa shape index (κ3) is 2.60. The number of thiazole rings is 1. The minimum absolute atomic E-state index is 0.137. The maximum absolute atomic E-state index is 11.5. The van der Waals surface area contributed by atoms with Crippen LogP contribution < -0.4 is 5.32 Å². The van der Waals surface area contributed by atoms with Crippen LogP contribution >= 0.6 is 11.3 Å². The molecule has 4 nitrogen and oxygen atoms in total. The first-order chi connectivity index (χ1) is 7.36. The molecule has 2 heterocycles. The number of nitrogens with one attached hydrogen (secondary N) is 1. The van der Waals surface area contributed by atoms with Crippen molar-refractivity contribution in [3.8, 4) is 0 Å². The highest BCUT2D eigenvalue weighted by molar-refractivity contribution is 7.11. The van der Waals surface area contributed by atoms with Crippen molar-refractivity contribution in [1.82, 2.24) is 15.3 Å². The standard InChI is InChI=1S/C10H9N3OS/c14-9(10-12-5-6-15-10)13-7-8-1-3-11-4-2-8/h1-6H,7H2,(H,13,14). The second kappa shape index (κ2) is 4.65. The molecule has 0 fully saturated rings. The smallest absolute Gasteiger partial charge is 0.280 e. The lowest BCUT2D eigenvalue weighted by Crippen LogP contribution is -2.22. The molecule has 2 aromatic rings. The molecular formula is C10H9N3OS. The lowest BCUT2D eigenvalue weighted by molar-refractivity contribution is 0.0950. The van der Waals surface area contributed by atoms with Crippen LogP contribution in [-0.2, 0) is 6.54 Å². The van der Waals surface area contributed by atoms with Crippen molar-refractivity contribution in [2.75, 3.05) is 0 Å². The van der Waals surface area contributed by atoms with Crippen LogP contribution in [0.4, 0.5) is 0 Å². The largest absolute Gasteiger partial charge is 0.346 e. The Hall–Kier alpha value is -1.75. The lowest BCUT2D eigenvalue weighted by Gasteiger charge is -2.01. The number of carbonyl (C=O) groups excluding carboxylic acids is 1. The van der Waals surface area contributed by atoms with Gasteiger partial charge in [-0.25, -0.2) is 4.98 Å². The molecule has 0 saturated carbocycles. The lowest BCUT2D eigenvalue weighted by atomic mass is 10.3. The highest BCUT2D eigenvalue weighted by Gasteiger charge is 2.06. The molecule has 2 aromatic heterocycles. The second-order valence-corrected chi connectivity index (χ2v) is 3.77. The van der Waals surface area contributed by atoms with Gasteiger partial charge in [0.1, 0.15) is 0 Å². The van der Waals surface area contributed by atoms with Crippen molar-refractivity contribution in [3.63, 3.8) is 0 Å². The first-order valence-corrected chi connectivity index (χ1v) is 5.31. The zero-order valence-corrected chi connectivity index (χ0v) is 8.70. The highest BCUT2D eigenvalue weighted by atomic mass is 32.1. The van der Waals surface area contributed by atoms with E-state index >= 15 is 0 Å². The van der Waals surface area contributed by atoms with Crippen LogP contribution in [-0.4, -0.2) is 15.9 Å². The average molecular weight is 219 g/mol. The molecule has 0 spiro atoms. The number of hydrogen-bond acceptors (Lipinski definition) is 4. The van der Waals surface area contributed by atoms with Gasteiger partial charge in [-0.15, -0.1) is 11.3 Å². The molecule has 5 heteroatoms. The van der Waals surface area contributed by atoms with Crippen molar-refractivity contribution in [3.05, 3.63) is 46.7 Å². The maximum atomic E-state index is 11.5. The van der Waals surface area contributed by atoms with Gasteiger partial charge in [0, 0.05) is 30.5 Å². The minimum atomic E-state index is -0.137. The van der Waals surface area contributed by atoms with Gasteiger partial charge in [-0.3, -0.25) is 9.78 Å². The van der Waals surface area contributed by atoms with Gasteiger partial charge < -0.3 is 5.32 Å². The van der Waals surface area contributed by atoms with Gasteiger partial charge in [-0.05, 0) is 17.7 Å². The van der Waals surface area contributed by atoms with E-state index in [0.29, 0.717) is 11.6 Å². The topological polar surface area (TPSA) is 54.9 Å². The van der Waals surface area contributed by atoms with Gasteiger partial charge in [-0.1, -0.05) is 0 Å². The summed E-state index contributed by atoms with van der Waals surface area (Å²) in [5.41, 5.74) is 1.02. The number of amides is 1. The SMILES string of the molecule is O=C(NCc1ccncc1)c1nccs1. The van der Waals surface area contributed by atoms with Crippen LogP contribution in [0.1, 0.15) is 15.4 Å². The zero-order chi connectivity index (χ0) is 10.5. The molecule has 0 radical (unpaired) electrons. The Morgan fingerprint density at radius 2 is 2.13 bits per heavy atom. The number of aromatic nitrogens is 2. The summed E-state index contributed by atoms with van der Waals surface area (Å²) in [6.45, 7) is 0.501. The van der Waals surface area contributed by atoms with Gasteiger partial charge in [-0.2, -0.15) is 0 Å². The molecule has 0 saturated heterocycles. The summed E-state index contributed by atoms with van der Waals surface area (Å²) >= 11 is 1.33. The van der Waals surface area contributed by atoms with Crippen LogP contribution in [0.25, 0.3) is 0 Å². The first kappa shape index (κ1) is 9.79. The Morgan fingerprint density at radius 1 is 1.33 bits per heavy atom. The van der Waals surface area contributed by atoms with Crippen molar-refractivity contribution in [1.29, 1.82) is 0 Å². The van der Waals surface area contributed by atoms with Crippen molar-refractivity contribution in [2.45, 2.75) is 6.54 Å². The Bertz CT molecular complexity index is 427. The van der Waals surface area contributed by atoms with E-state index in [1.54, 1.807) is 24.0 Å². The predicted octanol–water partition coefficient (Wildman–Crippen LogP) is 1.47. The van der Waals surface area contributed by atoms with E-state index in [1.165, 1.54) is 11.3 Å². The van der Waals surface area contributed by atoms with Crippen molar-refractivity contribution in [2.24, 2.45) is 0 Å². The fourth-order valence-electron chi connectivity index (χ4n) is 1.09. The molecule has 0 aromatic carbocycles. The number of rotatable bonds is 3. The Balaban J connectivity index is 1.92. The molecule has 0 aliphatic carbocycles. The van der Waals surface area contributed by atoms with E-state index in [-0.39, 0.29) is 5.91 Å². The van der Waals surface area contributed by atoms with Crippen LogP contribution in [0.2, 0.25) is 0 Å². The summed E-state index contributed by atoms with van der Waals surface area (Å²) in [5, 5.41) is 5.05. The molecule has 1 amide bonds. The Morgan fingerprint density at radius 3 is 2.80 bits per heavy atom.